The maximum atomic E-state index is 12.4. The van der Waals surface area contributed by atoms with Crippen molar-refractivity contribution in [3.05, 3.63) is 47.4 Å². The molecule has 2 heterocycles. The van der Waals surface area contributed by atoms with Crippen LogP contribution < -0.4 is 4.74 Å². The molecule has 0 aliphatic rings. The highest BCUT2D eigenvalue weighted by molar-refractivity contribution is 5.89. The summed E-state index contributed by atoms with van der Waals surface area (Å²) in [4.78, 5) is 18.6. The van der Waals surface area contributed by atoms with Gasteiger partial charge in [0.25, 0.3) is 0 Å². The number of alkyl halides is 3. The zero-order valence-electron chi connectivity index (χ0n) is 11.6. The van der Waals surface area contributed by atoms with E-state index in [1.54, 1.807) is 6.92 Å². The van der Waals surface area contributed by atoms with E-state index in [0.717, 1.165) is 18.3 Å². The van der Waals surface area contributed by atoms with E-state index in [1.165, 1.54) is 19.4 Å². The number of carbonyl (C=O) groups excluding carboxylic acids is 1. The summed E-state index contributed by atoms with van der Waals surface area (Å²) in [5, 5.41) is 0. The van der Waals surface area contributed by atoms with Crippen LogP contribution in [0.3, 0.4) is 0 Å². The van der Waals surface area contributed by atoms with Crippen molar-refractivity contribution < 1.29 is 27.4 Å². The monoisotopic (exact) mass is 312 g/mol. The van der Waals surface area contributed by atoms with Crippen LogP contribution in [0.15, 0.2) is 30.6 Å². The smallest absolute Gasteiger partial charge is 0.433 e. The minimum atomic E-state index is -4.51. The average Bonchev–Trinajstić information content (AvgIpc) is 2.48. The molecule has 0 N–H and O–H groups in total. The Bertz CT molecular complexity index is 685. The van der Waals surface area contributed by atoms with Gasteiger partial charge in [0, 0.05) is 11.8 Å². The van der Waals surface area contributed by atoms with Gasteiger partial charge >= 0.3 is 12.1 Å². The lowest BCUT2D eigenvalue weighted by Gasteiger charge is -2.09. The van der Waals surface area contributed by atoms with Gasteiger partial charge in [0.05, 0.1) is 18.9 Å². The standard InChI is InChI=1S/C14H11F3N2O3/c1-8-5-9(13(20)21-2)6-19-12(8)22-10-3-4-11(18-7-10)14(15,16)17/h3-7H,1-2H3. The van der Waals surface area contributed by atoms with Gasteiger partial charge in [-0.2, -0.15) is 13.2 Å². The summed E-state index contributed by atoms with van der Waals surface area (Å²) in [5.74, 6) is -0.276. The van der Waals surface area contributed by atoms with Crippen LogP contribution >= 0.6 is 0 Å². The molecule has 22 heavy (non-hydrogen) atoms. The zero-order valence-corrected chi connectivity index (χ0v) is 11.6. The maximum Gasteiger partial charge on any atom is 0.433 e. The van der Waals surface area contributed by atoms with Gasteiger partial charge in [0.1, 0.15) is 11.4 Å². The third-order valence-electron chi connectivity index (χ3n) is 2.69. The van der Waals surface area contributed by atoms with Crippen LogP contribution in [0, 0.1) is 6.92 Å². The normalized spacial score (nSPS) is 11.1. The van der Waals surface area contributed by atoms with Crippen LogP contribution in [0.2, 0.25) is 0 Å². The highest BCUT2D eigenvalue weighted by Crippen LogP contribution is 2.29. The third kappa shape index (κ3) is 3.51. The number of carbonyl (C=O) groups is 1. The van der Waals surface area contributed by atoms with Crippen molar-refractivity contribution in [2.75, 3.05) is 7.11 Å². The minimum Gasteiger partial charge on any atom is -0.465 e. The molecule has 0 amide bonds. The number of ether oxygens (including phenoxy) is 2. The van der Waals surface area contributed by atoms with Crippen LogP contribution in [0.25, 0.3) is 0 Å². The topological polar surface area (TPSA) is 61.3 Å². The lowest BCUT2D eigenvalue weighted by atomic mass is 10.2. The first-order valence-electron chi connectivity index (χ1n) is 6.07. The largest absolute Gasteiger partial charge is 0.465 e. The number of rotatable bonds is 3. The van der Waals surface area contributed by atoms with E-state index in [0.29, 0.717) is 5.56 Å². The second-order valence-electron chi connectivity index (χ2n) is 4.32. The van der Waals surface area contributed by atoms with E-state index in [4.69, 9.17) is 4.74 Å². The van der Waals surface area contributed by atoms with E-state index in [2.05, 4.69) is 14.7 Å². The Morgan fingerprint density at radius 3 is 2.41 bits per heavy atom. The molecule has 0 aliphatic carbocycles. The molecule has 0 saturated carbocycles. The van der Waals surface area contributed by atoms with Gasteiger partial charge in [0.15, 0.2) is 0 Å². The molecular formula is C14H11F3N2O3. The second kappa shape index (κ2) is 6.00. The fourth-order valence-electron chi connectivity index (χ4n) is 1.62. The van der Waals surface area contributed by atoms with Crippen molar-refractivity contribution in [2.24, 2.45) is 0 Å². The Balaban J connectivity index is 2.19. The molecule has 5 nitrogen and oxygen atoms in total. The van der Waals surface area contributed by atoms with Crippen molar-refractivity contribution in [3.63, 3.8) is 0 Å². The molecule has 2 rings (SSSR count). The maximum absolute atomic E-state index is 12.4. The molecule has 0 aliphatic heterocycles. The van der Waals surface area contributed by atoms with Crippen LogP contribution in [0.5, 0.6) is 11.6 Å². The Labute approximate surface area is 123 Å². The molecule has 8 heteroatoms. The Morgan fingerprint density at radius 1 is 1.18 bits per heavy atom. The Kier molecular flexibility index (Phi) is 4.30. The van der Waals surface area contributed by atoms with Crippen LogP contribution in [-0.2, 0) is 10.9 Å². The van der Waals surface area contributed by atoms with Crippen molar-refractivity contribution in [3.8, 4) is 11.6 Å². The number of esters is 1. The molecule has 116 valence electrons. The lowest BCUT2D eigenvalue weighted by molar-refractivity contribution is -0.141. The molecule has 0 atom stereocenters. The molecule has 0 unspecified atom stereocenters. The predicted molar refractivity (Wildman–Crippen MR) is 69.6 cm³/mol. The van der Waals surface area contributed by atoms with E-state index in [9.17, 15) is 18.0 Å². The number of methoxy groups -OCH3 is 1. The first kappa shape index (κ1) is 15.7. The fourth-order valence-corrected chi connectivity index (χ4v) is 1.62. The van der Waals surface area contributed by atoms with Crippen molar-refractivity contribution in [2.45, 2.75) is 13.1 Å². The van der Waals surface area contributed by atoms with Gasteiger partial charge in [-0.3, -0.25) is 0 Å². The first-order chi connectivity index (χ1) is 10.3. The summed E-state index contributed by atoms with van der Waals surface area (Å²) in [7, 11) is 1.25. The number of aryl methyl sites for hydroxylation is 1. The molecule has 0 saturated heterocycles. The molecular weight excluding hydrogens is 301 g/mol. The zero-order chi connectivity index (χ0) is 16.3. The van der Waals surface area contributed by atoms with Gasteiger partial charge < -0.3 is 9.47 Å². The third-order valence-corrected chi connectivity index (χ3v) is 2.69. The average molecular weight is 312 g/mol. The molecule has 0 spiro atoms. The van der Waals surface area contributed by atoms with E-state index >= 15 is 0 Å². The molecule has 0 bridgehead atoms. The van der Waals surface area contributed by atoms with Crippen LogP contribution in [-0.4, -0.2) is 23.0 Å². The number of hydrogen-bond acceptors (Lipinski definition) is 5. The quantitative estimate of drug-likeness (QED) is 0.813. The van der Waals surface area contributed by atoms with Gasteiger partial charge in [-0.25, -0.2) is 14.8 Å². The number of hydrogen-bond donors (Lipinski definition) is 0. The van der Waals surface area contributed by atoms with Crippen LogP contribution in [0.1, 0.15) is 21.6 Å². The molecule has 0 radical (unpaired) electrons. The molecule has 2 aromatic rings. The van der Waals surface area contributed by atoms with Crippen molar-refractivity contribution >= 4 is 5.97 Å². The van der Waals surface area contributed by atoms with E-state index in [1.807, 2.05) is 0 Å². The van der Waals surface area contributed by atoms with Gasteiger partial charge in [-0.1, -0.05) is 0 Å². The number of aromatic nitrogens is 2. The SMILES string of the molecule is COC(=O)c1cnc(Oc2ccc(C(F)(F)F)nc2)c(C)c1. The summed E-state index contributed by atoms with van der Waals surface area (Å²) in [6.07, 6.45) is -2.29. The van der Waals surface area contributed by atoms with Gasteiger partial charge in [0.2, 0.25) is 5.88 Å². The molecule has 0 aromatic carbocycles. The number of nitrogens with zero attached hydrogens (tertiary/aromatic N) is 2. The van der Waals surface area contributed by atoms with Crippen molar-refractivity contribution in [1.82, 2.24) is 9.97 Å². The second-order valence-corrected chi connectivity index (χ2v) is 4.32. The Morgan fingerprint density at radius 2 is 1.91 bits per heavy atom. The summed E-state index contributed by atoms with van der Waals surface area (Å²) in [5.41, 5.74) is -0.230. The van der Waals surface area contributed by atoms with E-state index < -0.39 is 17.8 Å². The minimum absolute atomic E-state index is 0.106. The summed E-state index contributed by atoms with van der Waals surface area (Å²) in [6.45, 7) is 1.65. The highest BCUT2D eigenvalue weighted by atomic mass is 19.4. The number of halogens is 3. The summed E-state index contributed by atoms with van der Waals surface area (Å²) in [6, 6.07) is 3.46. The first-order valence-corrected chi connectivity index (χ1v) is 6.07. The van der Waals surface area contributed by atoms with Crippen molar-refractivity contribution in [1.29, 1.82) is 0 Å². The fraction of sp³-hybridized carbons (Fsp3) is 0.214. The molecule has 0 fully saturated rings. The van der Waals surface area contributed by atoms with E-state index in [-0.39, 0.29) is 17.2 Å². The lowest BCUT2D eigenvalue weighted by Crippen LogP contribution is -2.07. The Hall–Kier alpha value is -2.64. The van der Waals surface area contributed by atoms with Crippen LogP contribution in [0.4, 0.5) is 13.2 Å². The number of pyridine rings is 2. The van der Waals surface area contributed by atoms with Gasteiger partial charge in [-0.15, -0.1) is 0 Å². The highest BCUT2D eigenvalue weighted by Gasteiger charge is 2.32. The van der Waals surface area contributed by atoms with Gasteiger partial charge in [-0.05, 0) is 25.1 Å². The summed E-state index contributed by atoms with van der Waals surface area (Å²) >= 11 is 0. The summed E-state index contributed by atoms with van der Waals surface area (Å²) < 4.78 is 47.1. The predicted octanol–water partition coefficient (Wildman–Crippen LogP) is 3.38. The molecule has 2 aromatic heterocycles.